The van der Waals surface area contributed by atoms with E-state index in [1.54, 1.807) is 22.3 Å². The second-order valence-corrected chi connectivity index (χ2v) is 15.7. The minimum absolute atomic E-state index is 0. The number of halogens is 2. The number of benzene rings is 2. The van der Waals surface area contributed by atoms with E-state index < -0.39 is 21.8 Å². The fraction of sp³-hybridized carbons (Fsp3) is 0.304. The maximum atomic E-state index is 2.48. The first-order valence-corrected chi connectivity index (χ1v) is 13.2. The second-order valence-electron chi connectivity index (χ2n) is 7.56. The largest absolute Gasteiger partial charge is 1.00 e. The van der Waals surface area contributed by atoms with Gasteiger partial charge in [-0.2, -0.15) is 0 Å². The normalized spacial score (nSPS) is 19.7. The van der Waals surface area contributed by atoms with Crippen LogP contribution in [-0.4, -0.2) is 0 Å². The van der Waals surface area contributed by atoms with Crippen LogP contribution in [0.3, 0.4) is 0 Å². The number of hydrogen-bond acceptors (Lipinski definition) is 0. The molecule has 2 atom stereocenters. The van der Waals surface area contributed by atoms with E-state index in [0.29, 0.717) is 0 Å². The molecule has 2 unspecified atom stereocenters. The summed E-state index contributed by atoms with van der Waals surface area (Å²) in [6, 6.07) is 18.2. The average molecular weight is 464 g/mol. The molecule has 0 aromatic heterocycles. The van der Waals surface area contributed by atoms with Crippen LogP contribution < -0.4 is 24.8 Å². The van der Waals surface area contributed by atoms with E-state index >= 15 is 0 Å². The Balaban J connectivity index is 0.00000121. The molecule has 2 aliphatic rings. The molecule has 0 aliphatic heterocycles. The van der Waals surface area contributed by atoms with Gasteiger partial charge in [0.15, 0.2) is 0 Å². The van der Waals surface area contributed by atoms with Gasteiger partial charge in [-0.15, -0.1) is 0 Å². The first kappa shape index (κ1) is 21.7. The first-order valence-electron chi connectivity index (χ1n) is 8.98. The van der Waals surface area contributed by atoms with Gasteiger partial charge in [0, 0.05) is 0 Å². The predicted molar refractivity (Wildman–Crippen MR) is 101 cm³/mol. The summed E-state index contributed by atoms with van der Waals surface area (Å²) in [5, 5.41) is 0. The quantitative estimate of drug-likeness (QED) is 0.631. The Hall–Kier alpha value is -0.617. The third-order valence-corrected chi connectivity index (χ3v) is 15.9. The predicted octanol–water partition coefficient (Wildman–Crippen LogP) is 0.757. The third kappa shape index (κ3) is 3.56. The van der Waals surface area contributed by atoms with Crippen LogP contribution in [0.5, 0.6) is 0 Å². The number of fused-ring (bicyclic) bond motifs is 2. The summed E-state index contributed by atoms with van der Waals surface area (Å²) in [6.45, 7) is 9.70. The molecule has 0 N–H and O–H groups in total. The fourth-order valence-corrected chi connectivity index (χ4v) is 14.8. The Morgan fingerprint density at radius 2 is 1.08 bits per heavy atom. The summed E-state index contributed by atoms with van der Waals surface area (Å²) >= 11 is -1.86. The van der Waals surface area contributed by atoms with Gasteiger partial charge in [0.05, 0.1) is 0 Å². The van der Waals surface area contributed by atoms with Gasteiger partial charge in [-0.05, 0) is 0 Å². The Kier molecular flexibility index (Phi) is 7.17. The van der Waals surface area contributed by atoms with Crippen molar-refractivity contribution in [1.29, 1.82) is 0 Å². The Morgan fingerprint density at radius 1 is 0.692 bits per heavy atom. The minimum Gasteiger partial charge on any atom is -1.00 e. The van der Waals surface area contributed by atoms with E-state index in [-0.39, 0.29) is 24.8 Å². The minimum atomic E-state index is -1.86. The van der Waals surface area contributed by atoms with Crippen LogP contribution in [0.1, 0.15) is 57.2 Å². The number of rotatable bonds is 3. The SMILES string of the molecule is CC1=Cc2ccccc2[CH]1[Zr+2]([CH](C)C)[CH]1C(C)=Cc2ccccc21.[Cl-].[Cl-]. The molecule has 0 spiro atoms. The summed E-state index contributed by atoms with van der Waals surface area (Å²) in [5.41, 5.74) is 9.36. The van der Waals surface area contributed by atoms with Gasteiger partial charge in [0.1, 0.15) is 0 Å². The molecule has 26 heavy (non-hydrogen) atoms. The van der Waals surface area contributed by atoms with Gasteiger partial charge in [0.25, 0.3) is 0 Å². The Morgan fingerprint density at radius 3 is 1.46 bits per heavy atom. The maximum Gasteiger partial charge on any atom is -1.00 e. The van der Waals surface area contributed by atoms with Gasteiger partial charge >= 0.3 is 154 Å². The van der Waals surface area contributed by atoms with Crippen molar-refractivity contribution in [3.8, 4) is 0 Å². The Bertz CT molecular complexity index is 783. The molecule has 2 aromatic rings. The van der Waals surface area contributed by atoms with Crippen molar-refractivity contribution in [2.24, 2.45) is 0 Å². The number of allylic oxidation sites excluding steroid dienone is 2. The molecule has 0 saturated carbocycles. The van der Waals surface area contributed by atoms with Crippen LogP contribution in [0.2, 0.25) is 3.63 Å². The van der Waals surface area contributed by atoms with Crippen molar-refractivity contribution in [3.63, 3.8) is 0 Å². The van der Waals surface area contributed by atoms with Crippen molar-refractivity contribution < 1.29 is 46.6 Å². The van der Waals surface area contributed by atoms with Gasteiger partial charge in [-0.25, -0.2) is 0 Å². The van der Waals surface area contributed by atoms with Crippen molar-refractivity contribution in [2.75, 3.05) is 0 Å². The van der Waals surface area contributed by atoms with Crippen LogP contribution in [0.4, 0.5) is 0 Å². The molecule has 2 aromatic carbocycles. The van der Waals surface area contributed by atoms with Crippen molar-refractivity contribution in [3.05, 3.63) is 81.9 Å². The topological polar surface area (TPSA) is 0 Å². The maximum absolute atomic E-state index is 2.48. The van der Waals surface area contributed by atoms with Crippen LogP contribution in [0, 0.1) is 0 Å². The van der Waals surface area contributed by atoms with Crippen molar-refractivity contribution in [1.82, 2.24) is 0 Å². The average Bonchev–Trinajstić information content (AvgIpc) is 3.05. The molecule has 0 amide bonds. The first-order chi connectivity index (χ1) is 11.6. The van der Waals surface area contributed by atoms with E-state index in [4.69, 9.17) is 0 Å². The van der Waals surface area contributed by atoms with Gasteiger partial charge in [-0.3, -0.25) is 0 Å². The van der Waals surface area contributed by atoms with Gasteiger partial charge < -0.3 is 24.8 Å². The summed E-state index contributed by atoms with van der Waals surface area (Å²) in [5.74, 6) is 0. The summed E-state index contributed by atoms with van der Waals surface area (Å²) in [7, 11) is 0. The van der Waals surface area contributed by atoms with E-state index in [1.807, 2.05) is 0 Å². The van der Waals surface area contributed by atoms with Crippen molar-refractivity contribution in [2.45, 2.75) is 38.6 Å². The zero-order valence-electron chi connectivity index (χ0n) is 15.8. The zero-order valence-corrected chi connectivity index (χ0v) is 19.7. The number of hydrogen-bond donors (Lipinski definition) is 0. The van der Waals surface area contributed by atoms with Crippen LogP contribution >= 0.6 is 0 Å². The molecule has 0 nitrogen and oxygen atoms in total. The molecule has 2 aliphatic carbocycles. The van der Waals surface area contributed by atoms with Crippen molar-refractivity contribution >= 4 is 12.2 Å². The molecule has 0 heterocycles. The Labute approximate surface area is 178 Å². The van der Waals surface area contributed by atoms with E-state index in [0.717, 1.165) is 10.9 Å². The molecule has 135 valence electrons. The van der Waals surface area contributed by atoms with Crippen LogP contribution in [0.15, 0.2) is 59.7 Å². The third-order valence-electron chi connectivity index (χ3n) is 5.62. The summed E-state index contributed by atoms with van der Waals surface area (Å²) < 4.78 is 2.28. The molecule has 0 fully saturated rings. The smallest absolute Gasteiger partial charge is 1.00 e. The summed E-state index contributed by atoms with van der Waals surface area (Å²) in [6.07, 6.45) is 4.89. The van der Waals surface area contributed by atoms with E-state index in [1.165, 1.54) is 11.1 Å². The summed E-state index contributed by atoms with van der Waals surface area (Å²) in [4.78, 5) is 0. The van der Waals surface area contributed by atoms with E-state index in [2.05, 4.69) is 88.4 Å². The monoisotopic (exact) mass is 461 g/mol. The molecule has 0 bridgehead atoms. The fourth-order valence-electron chi connectivity index (χ4n) is 4.68. The molecule has 0 saturated heterocycles. The molecule has 3 heteroatoms. The molecular formula is C23H25Cl2Zr. The van der Waals surface area contributed by atoms with E-state index in [9.17, 15) is 0 Å². The molecule has 0 radical (unpaired) electrons. The zero-order chi connectivity index (χ0) is 16.8. The molecule has 4 rings (SSSR count). The molecular weight excluding hydrogens is 438 g/mol. The van der Waals surface area contributed by atoms with Crippen LogP contribution in [0.25, 0.3) is 12.2 Å². The second kappa shape index (κ2) is 8.60. The van der Waals surface area contributed by atoms with Crippen LogP contribution in [-0.2, 0) is 21.8 Å². The standard InChI is InChI=1S/2C10H9.C3H7.2ClH.Zr/c2*1-8-6-9-4-2-3-5-10(9)7-8;1-3-2;;;/h2*2-7H,1H3;3H,1-2H3;2*1H;/q;;;;;+2/p-2. The van der Waals surface area contributed by atoms with Gasteiger partial charge in [0.2, 0.25) is 0 Å². The van der Waals surface area contributed by atoms with Gasteiger partial charge in [-0.1, -0.05) is 0 Å².